The Balaban J connectivity index is 2.11. The molecule has 0 bridgehead atoms. The van der Waals surface area contributed by atoms with Crippen LogP contribution in [-0.4, -0.2) is 17.0 Å². The zero-order valence-electron chi connectivity index (χ0n) is 12.0. The normalized spacial score (nSPS) is 15.5. The lowest BCUT2D eigenvalue weighted by molar-refractivity contribution is -0.134. The number of anilines is 1. The highest BCUT2D eigenvalue weighted by atomic mass is 16.5. The molecule has 5 heteroatoms. The molecular formula is C17H15NO4. The van der Waals surface area contributed by atoms with E-state index in [1.807, 2.05) is 6.07 Å². The van der Waals surface area contributed by atoms with Crippen LogP contribution in [0.1, 0.15) is 6.92 Å². The van der Waals surface area contributed by atoms with Gasteiger partial charge in [0, 0.05) is 23.4 Å². The van der Waals surface area contributed by atoms with Crippen molar-refractivity contribution in [2.45, 2.75) is 6.92 Å². The van der Waals surface area contributed by atoms with Crippen molar-refractivity contribution < 1.29 is 19.5 Å². The lowest BCUT2D eigenvalue weighted by Gasteiger charge is -2.14. The van der Waals surface area contributed by atoms with Gasteiger partial charge in [0.15, 0.2) is 5.78 Å². The van der Waals surface area contributed by atoms with Gasteiger partial charge in [0.05, 0.1) is 5.69 Å². The number of ketones is 1. The number of carbonyl (C=O) groups excluding carboxylic acids is 2. The molecule has 0 unspecified atom stereocenters. The van der Waals surface area contributed by atoms with Crippen LogP contribution in [0, 0.1) is 0 Å². The minimum Gasteiger partial charge on any atom is -0.423 e. The Labute approximate surface area is 128 Å². The van der Waals surface area contributed by atoms with E-state index in [0.29, 0.717) is 5.69 Å². The topological polar surface area (TPSA) is 66.8 Å². The van der Waals surface area contributed by atoms with Crippen LogP contribution in [0.2, 0.25) is 0 Å². The molecular weight excluding hydrogens is 282 g/mol. The van der Waals surface area contributed by atoms with Crippen molar-refractivity contribution in [2.75, 3.05) is 5.06 Å². The number of ether oxygens (including phenoxy) is 1. The van der Waals surface area contributed by atoms with Gasteiger partial charge in [0.25, 0.3) is 0 Å². The predicted molar refractivity (Wildman–Crippen MR) is 81.9 cm³/mol. The van der Waals surface area contributed by atoms with E-state index >= 15 is 0 Å². The van der Waals surface area contributed by atoms with E-state index in [1.54, 1.807) is 24.3 Å². The molecule has 0 aliphatic heterocycles. The highest BCUT2D eigenvalue weighted by Crippen LogP contribution is 2.18. The van der Waals surface area contributed by atoms with Crippen molar-refractivity contribution in [1.82, 2.24) is 0 Å². The molecule has 1 N–H and O–H groups in total. The van der Waals surface area contributed by atoms with Gasteiger partial charge < -0.3 is 4.74 Å². The number of para-hydroxylation sites is 1. The molecule has 0 saturated heterocycles. The van der Waals surface area contributed by atoms with Gasteiger partial charge in [-0.3, -0.25) is 10.0 Å². The Morgan fingerprint density at radius 3 is 2.55 bits per heavy atom. The van der Waals surface area contributed by atoms with Gasteiger partial charge in [-0.2, -0.15) is 0 Å². The summed E-state index contributed by atoms with van der Waals surface area (Å²) < 4.78 is 4.97. The maximum absolute atomic E-state index is 12.0. The monoisotopic (exact) mass is 297 g/mol. The summed E-state index contributed by atoms with van der Waals surface area (Å²) in [6.07, 6.45) is 5.43. The van der Waals surface area contributed by atoms with E-state index in [1.165, 1.54) is 31.4 Å². The zero-order chi connectivity index (χ0) is 16.1. The van der Waals surface area contributed by atoms with Gasteiger partial charge in [0.2, 0.25) is 0 Å². The summed E-state index contributed by atoms with van der Waals surface area (Å²) in [6.45, 7) is 4.99. The number of nitrogens with zero attached hydrogens (tertiary/aromatic N) is 1. The van der Waals surface area contributed by atoms with Crippen molar-refractivity contribution in [3.05, 3.63) is 78.2 Å². The standard InChI is InChI=1S/C17H15NO4/c1-12(2)17(20)22-15-9-8-13(16(19)10-15)11-18(21)14-6-4-3-5-7-14/h3-11,21H,1H2,2H3/b13-11-. The molecule has 0 atom stereocenters. The van der Waals surface area contributed by atoms with E-state index < -0.39 is 5.97 Å². The molecule has 0 radical (unpaired) electrons. The van der Waals surface area contributed by atoms with Gasteiger partial charge in [-0.25, -0.2) is 9.86 Å². The maximum Gasteiger partial charge on any atom is 0.338 e. The van der Waals surface area contributed by atoms with Crippen LogP contribution in [0.25, 0.3) is 0 Å². The SMILES string of the molecule is C=C(C)C(=O)OC1=CC(=O)/C(=C\N(O)c2ccccc2)C=C1. The summed E-state index contributed by atoms with van der Waals surface area (Å²) in [7, 11) is 0. The summed E-state index contributed by atoms with van der Waals surface area (Å²) in [6, 6.07) is 8.75. The highest BCUT2D eigenvalue weighted by Gasteiger charge is 2.15. The largest absolute Gasteiger partial charge is 0.423 e. The molecule has 1 aromatic rings. The average molecular weight is 297 g/mol. The van der Waals surface area contributed by atoms with Crippen LogP contribution in [0.5, 0.6) is 0 Å². The lowest BCUT2D eigenvalue weighted by Crippen LogP contribution is -2.14. The Bertz CT molecular complexity index is 699. The summed E-state index contributed by atoms with van der Waals surface area (Å²) >= 11 is 0. The van der Waals surface area contributed by atoms with E-state index in [9.17, 15) is 14.8 Å². The molecule has 0 saturated carbocycles. The molecule has 0 spiro atoms. The van der Waals surface area contributed by atoms with Crippen molar-refractivity contribution in [1.29, 1.82) is 0 Å². The number of carbonyl (C=O) groups is 2. The van der Waals surface area contributed by atoms with E-state index in [0.717, 1.165) is 5.06 Å². The minimum atomic E-state index is -0.593. The second-order valence-electron chi connectivity index (χ2n) is 4.68. The maximum atomic E-state index is 12.0. The van der Waals surface area contributed by atoms with Crippen molar-refractivity contribution in [3.8, 4) is 0 Å². The number of allylic oxidation sites excluding steroid dienone is 4. The van der Waals surface area contributed by atoms with E-state index in [2.05, 4.69) is 6.58 Å². The smallest absolute Gasteiger partial charge is 0.338 e. The number of hydroxylamine groups is 1. The van der Waals surface area contributed by atoms with E-state index in [4.69, 9.17) is 4.74 Å². The molecule has 1 aromatic carbocycles. The lowest BCUT2D eigenvalue weighted by atomic mass is 10.1. The van der Waals surface area contributed by atoms with Crippen LogP contribution in [-0.2, 0) is 14.3 Å². The molecule has 5 nitrogen and oxygen atoms in total. The summed E-state index contributed by atoms with van der Waals surface area (Å²) in [5.41, 5.74) is 1.04. The van der Waals surface area contributed by atoms with Crippen LogP contribution in [0.15, 0.2) is 78.2 Å². The molecule has 0 aromatic heterocycles. The third-order valence-electron chi connectivity index (χ3n) is 2.83. The summed E-state index contributed by atoms with van der Waals surface area (Å²) in [5, 5.41) is 10.8. The Morgan fingerprint density at radius 1 is 1.27 bits per heavy atom. The number of benzene rings is 1. The van der Waals surface area contributed by atoms with Crippen LogP contribution >= 0.6 is 0 Å². The fraction of sp³-hybridized carbons (Fsp3) is 0.0588. The molecule has 2 rings (SSSR count). The van der Waals surface area contributed by atoms with E-state index in [-0.39, 0.29) is 22.7 Å². The first-order valence-corrected chi connectivity index (χ1v) is 6.54. The molecule has 112 valence electrons. The first-order chi connectivity index (χ1) is 10.5. The molecule has 1 aliphatic carbocycles. The fourth-order valence-electron chi connectivity index (χ4n) is 1.67. The van der Waals surface area contributed by atoms with Crippen molar-refractivity contribution in [2.24, 2.45) is 0 Å². The number of hydrogen-bond acceptors (Lipinski definition) is 5. The predicted octanol–water partition coefficient (Wildman–Crippen LogP) is 2.91. The molecule has 1 aliphatic rings. The third-order valence-corrected chi connectivity index (χ3v) is 2.83. The molecule has 0 amide bonds. The highest BCUT2D eigenvalue weighted by molar-refractivity contribution is 6.08. The van der Waals surface area contributed by atoms with Crippen molar-refractivity contribution >= 4 is 17.4 Å². The van der Waals surface area contributed by atoms with Gasteiger partial charge in [-0.05, 0) is 31.2 Å². The quantitative estimate of drug-likeness (QED) is 0.526. The zero-order valence-corrected chi connectivity index (χ0v) is 12.0. The Hall–Kier alpha value is -2.92. The molecule has 0 fully saturated rings. The summed E-state index contributed by atoms with van der Waals surface area (Å²) in [4.78, 5) is 23.4. The number of rotatable bonds is 4. The Morgan fingerprint density at radius 2 is 1.95 bits per heavy atom. The first kappa shape index (κ1) is 15.5. The fourth-order valence-corrected chi connectivity index (χ4v) is 1.67. The summed E-state index contributed by atoms with van der Waals surface area (Å²) in [5.74, 6) is -0.828. The number of esters is 1. The first-order valence-electron chi connectivity index (χ1n) is 6.54. The second-order valence-corrected chi connectivity index (χ2v) is 4.68. The van der Waals surface area contributed by atoms with Gasteiger partial charge in [-0.15, -0.1) is 0 Å². The molecule has 22 heavy (non-hydrogen) atoms. The second kappa shape index (κ2) is 6.69. The van der Waals surface area contributed by atoms with Gasteiger partial charge in [0.1, 0.15) is 5.76 Å². The third kappa shape index (κ3) is 3.80. The van der Waals surface area contributed by atoms with Crippen LogP contribution in [0.4, 0.5) is 5.69 Å². The van der Waals surface area contributed by atoms with Gasteiger partial charge >= 0.3 is 5.97 Å². The minimum absolute atomic E-state index is 0.138. The number of hydrogen-bond donors (Lipinski definition) is 1. The van der Waals surface area contributed by atoms with Crippen LogP contribution in [0.3, 0.4) is 0 Å². The van der Waals surface area contributed by atoms with Gasteiger partial charge in [-0.1, -0.05) is 24.8 Å². The molecule has 0 heterocycles. The Kier molecular flexibility index (Phi) is 4.70. The van der Waals surface area contributed by atoms with Crippen molar-refractivity contribution in [3.63, 3.8) is 0 Å². The van der Waals surface area contributed by atoms with Crippen LogP contribution < -0.4 is 5.06 Å². The average Bonchev–Trinajstić information content (AvgIpc) is 2.50.